The number of benzene rings is 1. The van der Waals surface area contributed by atoms with Crippen LogP contribution in [0.3, 0.4) is 0 Å². The summed E-state index contributed by atoms with van der Waals surface area (Å²) < 4.78 is 13.2. The van der Waals surface area contributed by atoms with E-state index in [-0.39, 0.29) is 12.1 Å². The molecule has 1 heterocycles. The Kier molecular flexibility index (Phi) is 2.31. The monoisotopic (exact) mass is 211 g/mol. The van der Waals surface area contributed by atoms with Crippen molar-refractivity contribution in [2.24, 2.45) is 5.73 Å². The van der Waals surface area contributed by atoms with Crippen LogP contribution in [-0.4, -0.2) is 10.2 Å². The predicted octanol–water partition coefficient (Wildman–Crippen LogP) is 1.88. The van der Waals surface area contributed by atoms with Crippen LogP contribution in [-0.2, 0) is 6.54 Å². The zero-order valence-electron chi connectivity index (χ0n) is 7.17. The molecule has 2 aromatic rings. The molecule has 1 aromatic heterocycles. The minimum Gasteiger partial charge on any atom is -0.325 e. The minimum atomic E-state index is -0.430. The van der Waals surface area contributed by atoms with Crippen LogP contribution < -0.4 is 5.73 Å². The van der Waals surface area contributed by atoms with Crippen molar-refractivity contribution >= 4 is 22.5 Å². The van der Waals surface area contributed by atoms with E-state index in [1.807, 2.05) is 0 Å². The Morgan fingerprint density at radius 3 is 2.86 bits per heavy atom. The lowest BCUT2D eigenvalue weighted by atomic mass is 10.2. The van der Waals surface area contributed by atoms with Gasteiger partial charge in [-0.15, -0.1) is 5.10 Å². The first-order chi connectivity index (χ1) is 6.74. The third-order valence-electron chi connectivity index (χ3n) is 1.94. The third-order valence-corrected chi connectivity index (χ3v) is 2.36. The first-order valence-corrected chi connectivity index (χ1v) is 4.41. The number of hydrogen-bond donors (Lipinski definition) is 1. The lowest BCUT2D eigenvalue weighted by Crippen LogP contribution is -2.03. The van der Waals surface area contributed by atoms with Crippen LogP contribution >= 0.6 is 11.6 Å². The van der Waals surface area contributed by atoms with Crippen molar-refractivity contribution in [1.29, 1.82) is 0 Å². The zero-order chi connectivity index (χ0) is 10.1. The van der Waals surface area contributed by atoms with Crippen LogP contribution in [0.1, 0.15) is 5.69 Å². The van der Waals surface area contributed by atoms with E-state index in [0.29, 0.717) is 16.1 Å². The normalized spacial score (nSPS) is 10.8. The average Bonchev–Trinajstić information content (AvgIpc) is 2.20. The number of fused-ring (bicyclic) bond motifs is 1. The maximum Gasteiger partial charge on any atom is 0.151 e. The molecule has 0 saturated carbocycles. The van der Waals surface area contributed by atoms with Crippen molar-refractivity contribution in [3.05, 3.63) is 34.7 Å². The highest BCUT2D eigenvalue weighted by atomic mass is 35.5. The molecule has 0 unspecified atom stereocenters. The number of nitrogens with two attached hydrogens (primary N) is 1. The molecule has 2 N–H and O–H groups in total. The number of hydrogen-bond acceptors (Lipinski definition) is 3. The Labute approximate surface area is 84.7 Å². The van der Waals surface area contributed by atoms with Crippen molar-refractivity contribution in [1.82, 2.24) is 10.2 Å². The molecule has 5 heteroatoms. The SMILES string of the molecule is NCc1nnc2c(F)cccc2c1Cl. The summed E-state index contributed by atoms with van der Waals surface area (Å²) in [4.78, 5) is 0. The van der Waals surface area contributed by atoms with Crippen molar-refractivity contribution in [2.75, 3.05) is 0 Å². The van der Waals surface area contributed by atoms with E-state index in [1.165, 1.54) is 6.07 Å². The summed E-state index contributed by atoms with van der Waals surface area (Å²) in [6.07, 6.45) is 0. The largest absolute Gasteiger partial charge is 0.325 e. The second kappa shape index (κ2) is 3.48. The Hall–Kier alpha value is -1.26. The highest BCUT2D eigenvalue weighted by Crippen LogP contribution is 2.25. The van der Waals surface area contributed by atoms with Crippen LogP contribution in [0.5, 0.6) is 0 Å². The molecule has 0 aliphatic heterocycles. The Morgan fingerprint density at radius 1 is 1.36 bits per heavy atom. The lowest BCUT2D eigenvalue weighted by Gasteiger charge is -2.03. The van der Waals surface area contributed by atoms with E-state index in [2.05, 4.69) is 10.2 Å². The first kappa shape index (κ1) is 9.30. The molecule has 1 aromatic carbocycles. The molecule has 0 saturated heterocycles. The predicted molar refractivity (Wildman–Crippen MR) is 52.4 cm³/mol. The number of nitrogens with zero attached hydrogens (tertiary/aromatic N) is 2. The van der Waals surface area contributed by atoms with Gasteiger partial charge in [0.05, 0.1) is 10.7 Å². The van der Waals surface area contributed by atoms with Gasteiger partial charge in [-0.1, -0.05) is 23.7 Å². The van der Waals surface area contributed by atoms with Crippen molar-refractivity contribution in [2.45, 2.75) is 6.54 Å². The maximum absolute atomic E-state index is 13.2. The maximum atomic E-state index is 13.2. The van der Waals surface area contributed by atoms with Gasteiger partial charge in [0.15, 0.2) is 5.82 Å². The third kappa shape index (κ3) is 1.32. The fraction of sp³-hybridized carbons (Fsp3) is 0.111. The van der Waals surface area contributed by atoms with Gasteiger partial charge >= 0.3 is 0 Å². The molecule has 0 amide bonds. The molecule has 0 atom stereocenters. The average molecular weight is 212 g/mol. The summed E-state index contributed by atoms with van der Waals surface area (Å²) in [6, 6.07) is 4.58. The van der Waals surface area contributed by atoms with Crippen LogP contribution in [0.15, 0.2) is 18.2 Å². The van der Waals surface area contributed by atoms with Crippen LogP contribution in [0, 0.1) is 5.82 Å². The first-order valence-electron chi connectivity index (χ1n) is 4.03. The molecule has 72 valence electrons. The van der Waals surface area contributed by atoms with E-state index in [0.717, 1.165) is 0 Å². The standard InChI is InChI=1S/C9H7ClFN3/c10-8-5-2-1-3-6(11)9(5)14-13-7(8)4-12/h1-3H,4,12H2. The van der Waals surface area contributed by atoms with Gasteiger partial charge in [0.2, 0.25) is 0 Å². The van der Waals surface area contributed by atoms with Gasteiger partial charge in [0.25, 0.3) is 0 Å². The Balaban J connectivity index is 2.84. The molecule has 0 fully saturated rings. The van der Waals surface area contributed by atoms with E-state index < -0.39 is 5.82 Å². The summed E-state index contributed by atoms with van der Waals surface area (Å²) in [5, 5.41) is 8.38. The molecule has 14 heavy (non-hydrogen) atoms. The van der Waals surface area contributed by atoms with Crippen LogP contribution in [0.25, 0.3) is 10.9 Å². The summed E-state index contributed by atoms with van der Waals surface area (Å²) in [5.41, 5.74) is 6.05. The second-order valence-electron chi connectivity index (χ2n) is 2.80. The molecule has 0 aliphatic carbocycles. The molecule has 0 bridgehead atoms. The lowest BCUT2D eigenvalue weighted by molar-refractivity contribution is 0.634. The Morgan fingerprint density at radius 2 is 2.14 bits per heavy atom. The number of halogens is 2. The molecule has 2 rings (SSSR count). The van der Waals surface area contributed by atoms with Gasteiger partial charge in [-0.2, -0.15) is 5.10 Å². The van der Waals surface area contributed by atoms with Crippen molar-refractivity contribution < 1.29 is 4.39 Å². The molecule has 0 aliphatic rings. The summed E-state index contributed by atoms with van der Waals surface area (Å²) in [6.45, 7) is 0.193. The molecular weight excluding hydrogens is 205 g/mol. The minimum absolute atomic E-state index is 0.176. The highest BCUT2D eigenvalue weighted by molar-refractivity contribution is 6.35. The topological polar surface area (TPSA) is 51.8 Å². The molecular formula is C9H7ClFN3. The molecule has 0 radical (unpaired) electrons. The second-order valence-corrected chi connectivity index (χ2v) is 3.18. The molecule has 0 spiro atoms. The zero-order valence-corrected chi connectivity index (χ0v) is 7.92. The Bertz CT molecular complexity index is 487. The summed E-state index contributed by atoms with van der Waals surface area (Å²) in [7, 11) is 0. The van der Waals surface area contributed by atoms with Crippen LogP contribution in [0.4, 0.5) is 4.39 Å². The van der Waals surface area contributed by atoms with E-state index in [9.17, 15) is 4.39 Å². The quantitative estimate of drug-likeness (QED) is 0.784. The fourth-order valence-corrected chi connectivity index (χ4v) is 1.50. The van der Waals surface area contributed by atoms with Crippen molar-refractivity contribution in [3.63, 3.8) is 0 Å². The van der Waals surface area contributed by atoms with E-state index in [4.69, 9.17) is 17.3 Å². The summed E-state index contributed by atoms with van der Waals surface area (Å²) in [5.74, 6) is -0.430. The van der Waals surface area contributed by atoms with Crippen LogP contribution in [0.2, 0.25) is 5.02 Å². The van der Waals surface area contributed by atoms with E-state index >= 15 is 0 Å². The number of rotatable bonds is 1. The smallest absolute Gasteiger partial charge is 0.151 e. The van der Waals surface area contributed by atoms with Gasteiger partial charge in [-0.05, 0) is 6.07 Å². The summed E-state index contributed by atoms with van der Waals surface area (Å²) >= 11 is 5.96. The van der Waals surface area contributed by atoms with Gasteiger partial charge < -0.3 is 5.73 Å². The van der Waals surface area contributed by atoms with Gasteiger partial charge in [-0.25, -0.2) is 4.39 Å². The van der Waals surface area contributed by atoms with Gasteiger partial charge in [0.1, 0.15) is 5.52 Å². The van der Waals surface area contributed by atoms with E-state index in [1.54, 1.807) is 12.1 Å². The molecule has 3 nitrogen and oxygen atoms in total. The van der Waals surface area contributed by atoms with Gasteiger partial charge in [-0.3, -0.25) is 0 Å². The van der Waals surface area contributed by atoms with Crippen molar-refractivity contribution in [3.8, 4) is 0 Å². The number of aromatic nitrogens is 2. The highest BCUT2D eigenvalue weighted by Gasteiger charge is 2.09. The fourth-order valence-electron chi connectivity index (χ4n) is 1.23. The van der Waals surface area contributed by atoms with Gasteiger partial charge in [0, 0.05) is 11.9 Å².